The molecule has 1 spiro atoms. The molecule has 1 aliphatic carbocycles. The average molecular weight is 449 g/mol. The first-order chi connectivity index (χ1) is 14.8. The molecule has 2 aromatic carbocycles. The van der Waals surface area contributed by atoms with Crippen molar-refractivity contribution in [1.29, 1.82) is 0 Å². The van der Waals surface area contributed by atoms with Crippen molar-refractivity contribution in [2.45, 2.75) is 49.2 Å². The highest BCUT2D eigenvalue weighted by Gasteiger charge is 2.44. The molecule has 2 aromatic rings. The number of benzene rings is 2. The third-order valence-corrected chi connectivity index (χ3v) is 7.45. The lowest BCUT2D eigenvalue weighted by Crippen LogP contribution is -2.34. The second-order valence-electron chi connectivity index (χ2n) is 7.92. The minimum absolute atomic E-state index is 0.0150. The molecule has 166 valence electrons. The molecule has 1 amide bonds. The van der Waals surface area contributed by atoms with E-state index < -0.39 is 21.6 Å². The maximum Gasteiger partial charge on any atom is 0.251 e. The molecule has 0 radical (unpaired) electrons. The van der Waals surface area contributed by atoms with E-state index in [2.05, 4.69) is 5.32 Å². The summed E-state index contributed by atoms with van der Waals surface area (Å²) in [5.41, 5.74) is 0.606. The van der Waals surface area contributed by atoms with Crippen LogP contribution in [0.1, 0.15) is 38.5 Å². The molecule has 1 N–H and O–H groups in total. The molecule has 2 aliphatic rings. The first-order valence-corrected chi connectivity index (χ1v) is 11.8. The van der Waals surface area contributed by atoms with Gasteiger partial charge in [0.2, 0.25) is 15.9 Å². The van der Waals surface area contributed by atoms with Crippen LogP contribution in [-0.2, 0) is 14.8 Å². The van der Waals surface area contributed by atoms with Crippen LogP contribution in [0.4, 0.5) is 10.1 Å². The van der Waals surface area contributed by atoms with Crippen molar-refractivity contribution in [3.63, 3.8) is 0 Å². The van der Waals surface area contributed by atoms with Crippen LogP contribution in [0.5, 0.6) is 11.5 Å². The Labute approximate surface area is 181 Å². The molecule has 9 heteroatoms. The van der Waals surface area contributed by atoms with Gasteiger partial charge < -0.3 is 14.8 Å². The predicted molar refractivity (Wildman–Crippen MR) is 113 cm³/mol. The Morgan fingerprint density at radius 1 is 1.10 bits per heavy atom. The van der Waals surface area contributed by atoms with Gasteiger partial charge in [0.25, 0.3) is 5.79 Å². The van der Waals surface area contributed by atoms with Gasteiger partial charge in [-0.05, 0) is 55.7 Å². The minimum Gasteiger partial charge on any atom is -0.448 e. The van der Waals surface area contributed by atoms with Gasteiger partial charge in [0.15, 0.2) is 11.5 Å². The van der Waals surface area contributed by atoms with Gasteiger partial charge in [-0.2, -0.15) is 0 Å². The van der Waals surface area contributed by atoms with Crippen molar-refractivity contribution in [2.75, 3.05) is 18.9 Å². The van der Waals surface area contributed by atoms with Gasteiger partial charge >= 0.3 is 0 Å². The number of carbonyl (C=O) groups is 1. The summed E-state index contributed by atoms with van der Waals surface area (Å²) in [6, 6.07) is 9.97. The molecule has 0 bridgehead atoms. The number of hydrogen-bond donors (Lipinski definition) is 1. The van der Waals surface area contributed by atoms with Crippen LogP contribution >= 0.6 is 0 Å². The molecule has 0 aromatic heterocycles. The van der Waals surface area contributed by atoms with Crippen LogP contribution < -0.4 is 14.8 Å². The first-order valence-electron chi connectivity index (χ1n) is 10.3. The van der Waals surface area contributed by atoms with Crippen molar-refractivity contribution in [3.05, 3.63) is 48.3 Å². The van der Waals surface area contributed by atoms with E-state index in [0.717, 1.165) is 42.1 Å². The highest BCUT2D eigenvalue weighted by molar-refractivity contribution is 7.89. The summed E-state index contributed by atoms with van der Waals surface area (Å²) in [6.07, 6.45) is 4.36. The monoisotopic (exact) mass is 448 g/mol. The lowest BCUT2D eigenvalue weighted by Gasteiger charge is -2.21. The lowest BCUT2D eigenvalue weighted by atomic mass is 10.2. The van der Waals surface area contributed by atoms with E-state index in [1.54, 1.807) is 18.2 Å². The van der Waals surface area contributed by atoms with Crippen molar-refractivity contribution >= 4 is 21.6 Å². The Morgan fingerprint density at radius 2 is 1.77 bits per heavy atom. The average Bonchev–Trinajstić information content (AvgIpc) is 3.33. The molecule has 0 atom stereocenters. The zero-order valence-corrected chi connectivity index (χ0v) is 18.1. The highest BCUT2D eigenvalue weighted by atomic mass is 32.2. The Bertz CT molecular complexity index is 1070. The smallest absolute Gasteiger partial charge is 0.251 e. The number of sulfonamides is 1. The highest BCUT2D eigenvalue weighted by Crippen LogP contribution is 2.47. The molecule has 7 nitrogen and oxygen atoms in total. The zero-order valence-electron chi connectivity index (χ0n) is 17.3. The van der Waals surface area contributed by atoms with Crippen LogP contribution in [0.15, 0.2) is 47.4 Å². The summed E-state index contributed by atoms with van der Waals surface area (Å²) >= 11 is 0. The number of nitrogens with one attached hydrogen (secondary N) is 1. The fraction of sp³-hybridized carbons (Fsp3) is 0.409. The zero-order chi connectivity index (χ0) is 22.1. The lowest BCUT2D eigenvalue weighted by molar-refractivity contribution is -0.116. The van der Waals surface area contributed by atoms with E-state index in [-0.39, 0.29) is 23.8 Å². The van der Waals surface area contributed by atoms with Gasteiger partial charge in [-0.1, -0.05) is 0 Å². The number of hydrogen-bond acceptors (Lipinski definition) is 5. The third-order valence-electron chi connectivity index (χ3n) is 5.58. The largest absolute Gasteiger partial charge is 0.448 e. The van der Waals surface area contributed by atoms with Gasteiger partial charge in [0.1, 0.15) is 5.82 Å². The van der Waals surface area contributed by atoms with Gasteiger partial charge in [-0.25, -0.2) is 17.1 Å². The molecule has 4 rings (SSSR count). The Morgan fingerprint density at radius 3 is 2.48 bits per heavy atom. The van der Waals surface area contributed by atoms with E-state index in [1.807, 2.05) is 0 Å². The van der Waals surface area contributed by atoms with E-state index in [1.165, 1.54) is 19.2 Å². The summed E-state index contributed by atoms with van der Waals surface area (Å²) in [5.74, 6) is 0.0468. The fourth-order valence-electron chi connectivity index (χ4n) is 3.88. The summed E-state index contributed by atoms with van der Waals surface area (Å²) in [6.45, 7) is 0.163. The number of ether oxygens (including phenoxy) is 2. The standard InChI is InChI=1S/C22H25FN2O5S/c1-25(31(27,28)18-9-6-16(23)7-10-18)14-4-5-21(26)24-17-8-11-19-20(15-17)30-22(29-19)12-2-3-13-22/h6-11,15H,2-5,12-14H2,1H3,(H,24,26). The van der Waals surface area contributed by atoms with Crippen LogP contribution in [0.2, 0.25) is 0 Å². The van der Waals surface area contributed by atoms with Gasteiger partial charge in [-0.15, -0.1) is 0 Å². The second-order valence-corrected chi connectivity index (χ2v) is 9.96. The van der Waals surface area contributed by atoms with Crippen LogP contribution in [-0.4, -0.2) is 38.0 Å². The van der Waals surface area contributed by atoms with Crippen LogP contribution in [0.25, 0.3) is 0 Å². The van der Waals surface area contributed by atoms with E-state index >= 15 is 0 Å². The number of carbonyl (C=O) groups excluding carboxylic acids is 1. The second kappa shape index (κ2) is 8.47. The molecule has 1 heterocycles. The number of rotatable bonds is 7. The normalized spacial score (nSPS) is 16.7. The van der Waals surface area contributed by atoms with Gasteiger partial charge in [0.05, 0.1) is 4.90 Å². The van der Waals surface area contributed by atoms with Gasteiger partial charge in [-0.3, -0.25) is 4.79 Å². The molecule has 1 aliphatic heterocycles. The maximum absolute atomic E-state index is 13.0. The van der Waals surface area contributed by atoms with E-state index in [9.17, 15) is 17.6 Å². The minimum atomic E-state index is -3.73. The van der Waals surface area contributed by atoms with Crippen LogP contribution in [0.3, 0.4) is 0 Å². The molecule has 0 saturated heterocycles. The topological polar surface area (TPSA) is 84.9 Å². The summed E-state index contributed by atoms with van der Waals surface area (Å²) < 4.78 is 51.2. The van der Waals surface area contributed by atoms with Crippen LogP contribution in [0, 0.1) is 5.82 Å². The Hall–Kier alpha value is -2.65. The number of halogens is 1. The SMILES string of the molecule is CN(CCCC(=O)Nc1ccc2c(c1)OC1(CCCC1)O2)S(=O)(=O)c1ccc(F)cc1. The van der Waals surface area contributed by atoms with Crippen molar-refractivity contribution in [3.8, 4) is 11.5 Å². The Kier molecular flexibility index (Phi) is 5.90. The third kappa shape index (κ3) is 4.67. The Balaban J connectivity index is 1.28. The number of anilines is 1. The summed E-state index contributed by atoms with van der Waals surface area (Å²) in [7, 11) is -2.29. The number of nitrogens with zero attached hydrogens (tertiary/aromatic N) is 1. The number of amides is 1. The quantitative estimate of drug-likeness (QED) is 0.694. The molecule has 31 heavy (non-hydrogen) atoms. The molecule has 1 saturated carbocycles. The van der Waals surface area contributed by atoms with Gasteiger partial charge in [0, 0.05) is 44.6 Å². The van der Waals surface area contributed by atoms with Crippen molar-refractivity contribution < 1.29 is 27.1 Å². The van der Waals surface area contributed by atoms with Crippen molar-refractivity contribution in [1.82, 2.24) is 4.31 Å². The fourth-order valence-corrected chi connectivity index (χ4v) is 5.09. The summed E-state index contributed by atoms with van der Waals surface area (Å²) in [4.78, 5) is 12.3. The molecule has 1 fully saturated rings. The molecule has 0 unspecified atom stereocenters. The molecular weight excluding hydrogens is 423 g/mol. The summed E-state index contributed by atoms with van der Waals surface area (Å²) in [5, 5.41) is 2.82. The van der Waals surface area contributed by atoms with Crippen molar-refractivity contribution in [2.24, 2.45) is 0 Å². The maximum atomic E-state index is 13.0. The first kappa shape index (κ1) is 21.6. The van der Waals surface area contributed by atoms with E-state index in [4.69, 9.17) is 9.47 Å². The number of fused-ring (bicyclic) bond motifs is 1. The van der Waals surface area contributed by atoms with E-state index in [0.29, 0.717) is 23.6 Å². The predicted octanol–water partition coefficient (Wildman–Crippen LogP) is 3.91. The molecular formula is C22H25FN2O5S.